The summed E-state index contributed by atoms with van der Waals surface area (Å²) in [4.78, 5) is 20.7. The van der Waals surface area contributed by atoms with E-state index in [4.69, 9.17) is 9.26 Å². The average Bonchev–Trinajstić information content (AvgIpc) is 3.55. The van der Waals surface area contributed by atoms with Gasteiger partial charge in [-0.3, -0.25) is 0 Å². The Hall–Kier alpha value is -3.40. The Morgan fingerprint density at radius 2 is 1.65 bits per heavy atom. The highest BCUT2D eigenvalue weighted by atomic mass is 19.1. The topological polar surface area (TPSA) is 99.7 Å². The standard InChI is InChI=1S/C14H10F2N4.C5H6N2O.C5H10O/c1-7-8(2)20-14-13(19-7)12(17-6-18-14)10-4-3-9(15)5-11(10)16;1-2-4(1)5-6-3-7-8-5;1-2-4-6-5-3-1/h3-6H,1-2H3;3-4H,1-2H2;1-5H2. The van der Waals surface area contributed by atoms with Gasteiger partial charge in [-0.1, -0.05) is 5.16 Å². The second-order valence-electron chi connectivity index (χ2n) is 8.14. The number of halogens is 2. The summed E-state index contributed by atoms with van der Waals surface area (Å²) < 4.78 is 36.8. The predicted octanol–water partition coefficient (Wildman–Crippen LogP) is 5.12. The van der Waals surface area contributed by atoms with Gasteiger partial charge in [-0.05, 0) is 58.1 Å². The monoisotopic (exact) mass is 468 g/mol. The van der Waals surface area contributed by atoms with Crippen molar-refractivity contribution in [3.05, 3.63) is 59.8 Å². The maximum absolute atomic E-state index is 13.9. The first-order valence-corrected chi connectivity index (χ1v) is 11.3. The summed E-state index contributed by atoms with van der Waals surface area (Å²) in [6.45, 7) is 5.63. The van der Waals surface area contributed by atoms with E-state index in [1.807, 2.05) is 6.92 Å². The van der Waals surface area contributed by atoms with Gasteiger partial charge in [0.15, 0.2) is 12.0 Å². The van der Waals surface area contributed by atoms with Crippen LogP contribution in [0, 0.1) is 25.5 Å². The number of hydrogen-bond acceptors (Lipinski definition) is 8. The van der Waals surface area contributed by atoms with E-state index in [0.29, 0.717) is 22.8 Å². The maximum Gasteiger partial charge on any atom is 0.229 e. The number of ether oxygens (including phenoxy) is 1. The molecule has 0 radical (unpaired) electrons. The van der Waals surface area contributed by atoms with Crippen molar-refractivity contribution < 1.29 is 18.0 Å². The number of nitrogens with zero attached hydrogens (tertiary/aromatic N) is 6. The molecule has 2 fully saturated rings. The fourth-order valence-electron chi connectivity index (χ4n) is 3.30. The van der Waals surface area contributed by atoms with Gasteiger partial charge in [-0.25, -0.2) is 28.7 Å². The van der Waals surface area contributed by atoms with Crippen molar-refractivity contribution in [1.82, 2.24) is 30.1 Å². The highest BCUT2D eigenvalue weighted by Crippen LogP contribution is 2.38. The van der Waals surface area contributed by atoms with Crippen molar-refractivity contribution in [1.29, 1.82) is 0 Å². The van der Waals surface area contributed by atoms with E-state index >= 15 is 0 Å². The lowest BCUT2D eigenvalue weighted by Gasteiger charge is -2.08. The summed E-state index contributed by atoms with van der Waals surface area (Å²) in [5.41, 5.74) is 2.75. The van der Waals surface area contributed by atoms with Gasteiger partial charge in [0.25, 0.3) is 0 Å². The van der Waals surface area contributed by atoms with Gasteiger partial charge in [-0.15, -0.1) is 0 Å². The van der Waals surface area contributed by atoms with E-state index in [2.05, 4.69) is 30.1 Å². The summed E-state index contributed by atoms with van der Waals surface area (Å²) in [6, 6.07) is 3.34. The van der Waals surface area contributed by atoms with Crippen LogP contribution in [0.1, 0.15) is 55.3 Å². The van der Waals surface area contributed by atoms with E-state index in [1.165, 1.54) is 56.9 Å². The summed E-state index contributed by atoms with van der Waals surface area (Å²) in [5.74, 6) is 0.0789. The molecule has 1 saturated heterocycles. The number of aryl methyl sites for hydroxylation is 2. The smallest absolute Gasteiger partial charge is 0.229 e. The van der Waals surface area contributed by atoms with Crippen LogP contribution in [0.15, 0.2) is 35.4 Å². The van der Waals surface area contributed by atoms with Gasteiger partial charge in [-0.2, -0.15) is 4.98 Å². The first kappa shape index (κ1) is 23.7. The van der Waals surface area contributed by atoms with Crippen LogP contribution in [0.5, 0.6) is 0 Å². The first-order valence-electron chi connectivity index (χ1n) is 11.3. The second-order valence-corrected chi connectivity index (χ2v) is 8.14. The number of benzene rings is 1. The highest BCUT2D eigenvalue weighted by molar-refractivity contribution is 5.86. The molecular formula is C24H26F2N6O2. The van der Waals surface area contributed by atoms with E-state index in [-0.39, 0.29) is 5.56 Å². The fraction of sp³-hybridized carbons (Fsp3) is 0.417. The van der Waals surface area contributed by atoms with Crippen molar-refractivity contribution in [3.63, 3.8) is 0 Å². The average molecular weight is 469 g/mol. The molecule has 3 aromatic heterocycles. The number of fused-ring (bicyclic) bond motifs is 1. The molecule has 34 heavy (non-hydrogen) atoms. The molecule has 1 saturated carbocycles. The second kappa shape index (κ2) is 11.1. The van der Waals surface area contributed by atoms with Crippen LogP contribution in [-0.4, -0.2) is 43.3 Å². The van der Waals surface area contributed by atoms with Crippen LogP contribution < -0.4 is 0 Å². The largest absolute Gasteiger partial charge is 0.381 e. The summed E-state index contributed by atoms with van der Waals surface area (Å²) in [5, 5.41) is 3.50. The molecule has 4 aromatic rings. The number of rotatable bonds is 2. The lowest BCUT2D eigenvalue weighted by molar-refractivity contribution is 0.0968. The molecule has 0 atom stereocenters. The normalized spacial score (nSPS) is 15.2. The Morgan fingerprint density at radius 3 is 2.24 bits per heavy atom. The molecule has 2 aliphatic rings. The highest BCUT2D eigenvalue weighted by Gasteiger charge is 2.28. The third-order valence-electron chi connectivity index (χ3n) is 5.45. The summed E-state index contributed by atoms with van der Waals surface area (Å²) in [7, 11) is 0. The molecule has 0 N–H and O–H groups in total. The van der Waals surface area contributed by atoms with Gasteiger partial charge in [0.05, 0.1) is 11.4 Å². The molecule has 6 rings (SSSR count). The molecule has 4 heterocycles. The minimum atomic E-state index is -0.690. The Balaban J connectivity index is 0.000000158. The molecule has 8 nitrogen and oxygen atoms in total. The van der Waals surface area contributed by atoms with E-state index in [0.717, 1.165) is 36.6 Å². The lowest BCUT2D eigenvalue weighted by atomic mass is 10.1. The van der Waals surface area contributed by atoms with E-state index < -0.39 is 11.6 Å². The van der Waals surface area contributed by atoms with E-state index in [1.54, 1.807) is 6.92 Å². The van der Waals surface area contributed by atoms with E-state index in [9.17, 15) is 8.78 Å². The summed E-state index contributed by atoms with van der Waals surface area (Å²) >= 11 is 0. The maximum atomic E-state index is 13.9. The molecule has 0 spiro atoms. The first-order chi connectivity index (χ1) is 16.5. The number of hydrogen-bond donors (Lipinski definition) is 0. The van der Waals surface area contributed by atoms with Crippen LogP contribution in [0.4, 0.5) is 8.78 Å². The van der Waals surface area contributed by atoms with Crippen LogP contribution in [-0.2, 0) is 4.74 Å². The molecular weight excluding hydrogens is 442 g/mol. The Morgan fingerprint density at radius 1 is 0.882 bits per heavy atom. The van der Waals surface area contributed by atoms with Crippen molar-refractivity contribution in [2.75, 3.05) is 13.2 Å². The Labute approximate surface area is 195 Å². The zero-order chi connectivity index (χ0) is 23.9. The van der Waals surface area contributed by atoms with Gasteiger partial charge >= 0.3 is 0 Å². The zero-order valence-corrected chi connectivity index (χ0v) is 19.2. The molecule has 0 unspecified atom stereocenters. The van der Waals surface area contributed by atoms with Crippen LogP contribution in [0.25, 0.3) is 22.4 Å². The molecule has 10 heteroatoms. The van der Waals surface area contributed by atoms with Crippen LogP contribution in [0.3, 0.4) is 0 Å². The SMILES string of the molecule is C1CCOCC1.Cc1nc2ncnc(-c3ccc(F)cc3F)c2nc1C.c1noc(C2CC2)n1. The zero-order valence-electron chi connectivity index (χ0n) is 19.2. The molecule has 0 bridgehead atoms. The minimum absolute atomic E-state index is 0.177. The lowest BCUT2D eigenvalue weighted by Crippen LogP contribution is -2.03. The molecule has 0 amide bonds. The predicted molar refractivity (Wildman–Crippen MR) is 121 cm³/mol. The Bertz CT molecular complexity index is 1220. The van der Waals surface area contributed by atoms with Crippen molar-refractivity contribution >= 4 is 11.2 Å². The van der Waals surface area contributed by atoms with Crippen LogP contribution in [0.2, 0.25) is 0 Å². The Kier molecular flexibility index (Phi) is 7.79. The van der Waals surface area contributed by atoms with Crippen LogP contribution >= 0.6 is 0 Å². The van der Waals surface area contributed by atoms with Gasteiger partial charge in [0.2, 0.25) is 5.89 Å². The third kappa shape index (κ3) is 6.13. The third-order valence-corrected chi connectivity index (χ3v) is 5.45. The van der Waals surface area contributed by atoms with Crippen molar-refractivity contribution in [2.45, 2.75) is 51.9 Å². The fourth-order valence-corrected chi connectivity index (χ4v) is 3.30. The molecule has 1 aliphatic carbocycles. The molecule has 1 aliphatic heterocycles. The van der Waals surface area contributed by atoms with Crippen molar-refractivity contribution in [2.24, 2.45) is 0 Å². The number of aromatic nitrogens is 6. The molecule has 178 valence electrons. The molecule has 1 aromatic carbocycles. The van der Waals surface area contributed by atoms with Gasteiger partial charge in [0, 0.05) is 30.8 Å². The van der Waals surface area contributed by atoms with Gasteiger partial charge in [0.1, 0.15) is 29.2 Å². The summed E-state index contributed by atoms with van der Waals surface area (Å²) in [6.07, 6.45) is 9.13. The van der Waals surface area contributed by atoms with Gasteiger partial charge < -0.3 is 9.26 Å². The minimum Gasteiger partial charge on any atom is -0.381 e. The van der Waals surface area contributed by atoms with Crippen molar-refractivity contribution in [3.8, 4) is 11.3 Å². The quantitative estimate of drug-likeness (QED) is 0.400.